The Balaban J connectivity index is 1.17. The first kappa shape index (κ1) is 24.7. The Hall–Kier alpha value is -3.03. The zero-order valence-corrected chi connectivity index (χ0v) is 21.3. The average molecular weight is 506 g/mol. The lowest BCUT2D eigenvalue weighted by molar-refractivity contribution is -0.133. The molecule has 2 amide bonds. The van der Waals surface area contributed by atoms with Gasteiger partial charge in [-0.3, -0.25) is 14.5 Å². The third-order valence-electron chi connectivity index (χ3n) is 7.26. The van der Waals surface area contributed by atoms with Gasteiger partial charge in [-0.25, -0.2) is 4.39 Å². The van der Waals surface area contributed by atoms with Crippen molar-refractivity contribution in [3.05, 3.63) is 93.4 Å². The fraction of sp³-hybridized carbons (Fsp3) is 0.379. The molecule has 1 fully saturated rings. The number of halogens is 1. The molecule has 0 unspecified atom stereocenters. The normalized spacial score (nSPS) is 18.5. The minimum Gasteiger partial charge on any atom is -0.341 e. The fourth-order valence-electron chi connectivity index (χ4n) is 5.34. The monoisotopic (exact) mass is 505 g/mol. The molecule has 1 aromatic heterocycles. The van der Waals surface area contributed by atoms with E-state index in [1.807, 2.05) is 27.2 Å². The lowest BCUT2D eigenvalue weighted by Gasteiger charge is -2.36. The molecule has 188 valence electrons. The van der Waals surface area contributed by atoms with Crippen LogP contribution in [-0.4, -0.2) is 65.8 Å². The zero-order valence-electron chi connectivity index (χ0n) is 20.4. The summed E-state index contributed by atoms with van der Waals surface area (Å²) < 4.78 is 13.2. The summed E-state index contributed by atoms with van der Waals surface area (Å²) >= 11 is 1.83. The minimum absolute atomic E-state index is 0.0292. The summed E-state index contributed by atoms with van der Waals surface area (Å²) in [5.41, 5.74) is 3.45. The highest BCUT2D eigenvalue weighted by Crippen LogP contribution is 2.37. The first-order chi connectivity index (χ1) is 17.6. The molecule has 0 saturated carbocycles. The summed E-state index contributed by atoms with van der Waals surface area (Å²) in [6, 6.07) is 19.1. The van der Waals surface area contributed by atoms with Gasteiger partial charge in [0.2, 0.25) is 11.8 Å². The SMILES string of the molecule is O=C(CCN1CCc2sccc2[C@@H]1c1ccccc1)N1CCCN(C(=O)Cc2ccc(F)cc2)CC1. The molecule has 5 rings (SSSR count). The molecule has 3 heterocycles. The van der Waals surface area contributed by atoms with Gasteiger partial charge in [0, 0.05) is 50.6 Å². The van der Waals surface area contributed by atoms with Crippen LogP contribution in [0.1, 0.15) is 40.5 Å². The van der Waals surface area contributed by atoms with E-state index >= 15 is 0 Å². The largest absolute Gasteiger partial charge is 0.341 e. The van der Waals surface area contributed by atoms with E-state index in [-0.39, 0.29) is 30.1 Å². The maximum Gasteiger partial charge on any atom is 0.227 e. The topological polar surface area (TPSA) is 43.9 Å². The number of thiophene rings is 1. The number of rotatable bonds is 6. The van der Waals surface area contributed by atoms with Gasteiger partial charge in [-0.1, -0.05) is 42.5 Å². The highest BCUT2D eigenvalue weighted by Gasteiger charge is 2.30. The lowest BCUT2D eigenvalue weighted by atomic mass is 9.93. The molecular formula is C29H32FN3O2S. The molecule has 3 aromatic rings. The molecule has 0 aliphatic carbocycles. The smallest absolute Gasteiger partial charge is 0.227 e. The van der Waals surface area contributed by atoms with Crippen LogP contribution >= 0.6 is 11.3 Å². The van der Waals surface area contributed by atoms with Crippen molar-refractivity contribution in [3.8, 4) is 0 Å². The molecule has 2 aromatic carbocycles. The van der Waals surface area contributed by atoms with Crippen LogP contribution < -0.4 is 0 Å². The first-order valence-electron chi connectivity index (χ1n) is 12.7. The molecule has 36 heavy (non-hydrogen) atoms. The van der Waals surface area contributed by atoms with E-state index in [0.717, 1.165) is 31.5 Å². The summed E-state index contributed by atoms with van der Waals surface area (Å²) in [6.07, 6.45) is 2.54. The summed E-state index contributed by atoms with van der Waals surface area (Å²) in [7, 11) is 0. The molecule has 1 atom stereocenters. The Labute approximate surface area is 216 Å². The second-order valence-electron chi connectivity index (χ2n) is 9.57. The quantitative estimate of drug-likeness (QED) is 0.495. The summed E-state index contributed by atoms with van der Waals surface area (Å²) in [6.45, 7) is 4.09. The van der Waals surface area contributed by atoms with Crippen molar-refractivity contribution in [1.82, 2.24) is 14.7 Å². The standard InChI is InChI=1S/C29H32FN3O2S/c30-24-9-7-22(8-10-24)21-28(35)32-15-4-14-31(18-19-32)27(34)12-17-33-16-11-26-25(13-20-36-26)29(33)23-5-2-1-3-6-23/h1-3,5-10,13,20,29H,4,11-12,14-19,21H2/t29-/m0/s1. The maximum atomic E-state index is 13.2. The lowest BCUT2D eigenvalue weighted by Crippen LogP contribution is -2.41. The number of hydrogen-bond acceptors (Lipinski definition) is 4. The molecule has 2 aliphatic heterocycles. The van der Waals surface area contributed by atoms with Crippen molar-refractivity contribution in [2.75, 3.05) is 39.3 Å². The van der Waals surface area contributed by atoms with Crippen molar-refractivity contribution in [2.45, 2.75) is 31.7 Å². The zero-order chi connectivity index (χ0) is 24.9. The van der Waals surface area contributed by atoms with Crippen LogP contribution in [0.5, 0.6) is 0 Å². The molecular weight excluding hydrogens is 473 g/mol. The Bertz CT molecular complexity index is 1180. The van der Waals surface area contributed by atoms with E-state index in [9.17, 15) is 14.0 Å². The van der Waals surface area contributed by atoms with Crippen molar-refractivity contribution >= 4 is 23.2 Å². The van der Waals surface area contributed by atoms with Gasteiger partial charge in [0.25, 0.3) is 0 Å². The Morgan fingerprint density at radius 2 is 1.58 bits per heavy atom. The van der Waals surface area contributed by atoms with E-state index in [1.54, 1.807) is 12.1 Å². The van der Waals surface area contributed by atoms with E-state index < -0.39 is 0 Å². The van der Waals surface area contributed by atoms with Gasteiger partial charge in [0.1, 0.15) is 5.82 Å². The van der Waals surface area contributed by atoms with Gasteiger partial charge in [-0.15, -0.1) is 11.3 Å². The Morgan fingerprint density at radius 1 is 0.861 bits per heavy atom. The molecule has 0 N–H and O–H groups in total. The molecule has 0 spiro atoms. The van der Waals surface area contributed by atoms with Crippen LogP contribution in [0.15, 0.2) is 66.0 Å². The van der Waals surface area contributed by atoms with E-state index in [1.165, 1.54) is 28.1 Å². The van der Waals surface area contributed by atoms with E-state index in [0.29, 0.717) is 32.6 Å². The molecule has 1 saturated heterocycles. The van der Waals surface area contributed by atoms with Crippen LogP contribution in [0.25, 0.3) is 0 Å². The predicted molar refractivity (Wildman–Crippen MR) is 140 cm³/mol. The van der Waals surface area contributed by atoms with E-state index in [2.05, 4.69) is 40.6 Å². The highest BCUT2D eigenvalue weighted by atomic mass is 32.1. The van der Waals surface area contributed by atoms with Gasteiger partial charge in [0.05, 0.1) is 12.5 Å². The molecule has 5 nitrogen and oxygen atoms in total. The van der Waals surface area contributed by atoms with Crippen LogP contribution in [0.4, 0.5) is 4.39 Å². The van der Waals surface area contributed by atoms with Crippen molar-refractivity contribution in [3.63, 3.8) is 0 Å². The third kappa shape index (κ3) is 5.68. The fourth-order valence-corrected chi connectivity index (χ4v) is 6.24. The molecule has 7 heteroatoms. The summed E-state index contributed by atoms with van der Waals surface area (Å²) in [4.78, 5) is 33.6. The van der Waals surface area contributed by atoms with Crippen molar-refractivity contribution < 1.29 is 14.0 Å². The van der Waals surface area contributed by atoms with Crippen LogP contribution in [-0.2, 0) is 22.4 Å². The Kier molecular flexibility index (Phi) is 7.78. The molecule has 2 aliphatic rings. The number of carbonyl (C=O) groups excluding carboxylic acids is 2. The second-order valence-corrected chi connectivity index (χ2v) is 10.6. The van der Waals surface area contributed by atoms with Gasteiger partial charge in [-0.2, -0.15) is 0 Å². The Morgan fingerprint density at radius 3 is 2.33 bits per heavy atom. The van der Waals surface area contributed by atoms with Crippen LogP contribution in [0.2, 0.25) is 0 Å². The second kappa shape index (κ2) is 11.4. The number of fused-ring (bicyclic) bond motifs is 1. The maximum absolute atomic E-state index is 13.2. The number of benzene rings is 2. The van der Waals surface area contributed by atoms with Gasteiger partial charge < -0.3 is 9.80 Å². The van der Waals surface area contributed by atoms with Gasteiger partial charge >= 0.3 is 0 Å². The van der Waals surface area contributed by atoms with Gasteiger partial charge in [-0.05, 0) is 53.1 Å². The molecule has 0 bridgehead atoms. The van der Waals surface area contributed by atoms with Crippen LogP contribution in [0, 0.1) is 5.82 Å². The van der Waals surface area contributed by atoms with Crippen molar-refractivity contribution in [2.24, 2.45) is 0 Å². The van der Waals surface area contributed by atoms with E-state index in [4.69, 9.17) is 0 Å². The van der Waals surface area contributed by atoms with Crippen LogP contribution in [0.3, 0.4) is 0 Å². The third-order valence-corrected chi connectivity index (χ3v) is 8.26. The first-order valence-corrected chi connectivity index (χ1v) is 13.6. The predicted octanol–water partition coefficient (Wildman–Crippen LogP) is 4.53. The highest BCUT2D eigenvalue weighted by molar-refractivity contribution is 7.10. The summed E-state index contributed by atoms with van der Waals surface area (Å²) in [5, 5.41) is 2.18. The van der Waals surface area contributed by atoms with Gasteiger partial charge in [0.15, 0.2) is 0 Å². The number of amides is 2. The number of hydrogen-bond donors (Lipinski definition) is 0. The van der Waals surface area contributed by atoms with Crippen molar-refractivity contribution in [1.29, 1.82) is 0 Å². The summed E-state index contributed by atoms with van der Waals surface area (Å²) in [5.74, 6) is -0.113. The number of carbonyl (C=O) groups is 2. The minimum atomic E-state index is -0.300. The molecule has 0 radical (unpaired) electrons. The number of nitrogens with zero attached hydrogens (tertiary/aromatic N) is 3. The average Bonchev–Trinajstić information content (AvgIpc) is 3.24.